The SMILES string of the molecule is CCNC(=NCc1c(CC)noc1CC)NCc1csc(-c2ccc(OC)cc2)n1.I. The summed E-state index contributed by atoms with van der Waals surface area (Å²) in [5.41, 5.74) is 4.13. The molecule has 9 heteroatoms. The molecule has 2 heterocycles. The number of ether oxygens (including phenoxy) is 1. The van der Waals surface area contributed by atoms with Crippen molar-refractivity contribution in [1.82, 2.24) is 20.8 Å². The zero-order chi connectivity index (χ0) is 21.3. The smallest absolute Gasteiger partial charge is 0.191 e. The van der Waals surface area contributed by atoms with Gasteiger partial charge in [0.25, 0.3) is 0 Å². The van der Waals surface area contributed by atoms with Crippen molar-refractivity contribution in [3.8, 4) is 16.3 Å². The number of nitrogens with one attached hydrogen (secondary N) is 2. The lowest BCUT2D eigenvalue weighted by Crippen LogP contribution is -2.36. The Bertz CT molecular complexity index is 947. The molecule has 0 bridgehead atoms. The predicted octanol–water partition coefficient (Wildman–Crippen LogP) is 4.80. The average molecular weight is 555 g/mol. The third kappa shape index (κ3) is 6.67. The lowest BCUT2D eigenvalue weighted by Gasteiger charge is -2.10. The van der Waals surface area contributed by atoms with E-state index in [0.717, 1.165) is 64.4 Å². The van der Waals surface area contributed by atoms with Crippen molar-refractivity contribution in [1.29, 1.82) is 0 Å². The Labute approximate surface area is 204 Å². The molecule has 1 aromatic carbocycles. The molecule has 0 aliphatic rings. The summed E-state index contributed by atoms with van der Waals surface area (Å²) in [4.78, 5) is 9.47. The summed E-state index contributed by atoms with van der Waals surface area (Å²) in [6, 6.07) is 7.95. The number of halogens is 1. The van der Waals surface area contributed by atoms with E-state index < -0.39 is 0 Å². The maximum Gasteiger partial charge on any atom is 0.191 e. The monoisotopic (exact) mass is 555 g/mol. The van der Waals surface area contributed by atoms with Gasteiger partial charge in [-0.2, -0.15) is 0 Å². The summed E-state index contributed by atoms with van der Waals surface area (Å²) < 4.78 is 10.7. The van der Waals surface area contributed by atoms with E-state index in [1.807, 2.05) is 24.3 Å². The van der Waals surface area contributed by atoms with Crippen molar-refractivity contribution >= 4 is 41.3 Å². The third-order valence-electron chi connectivity index (χ3n) is 4.67. The van der Waals surface area contributed by atoms with Gasteiger partial charge in [0.15, 0.2) is 5.96 Å². The number of thiazole rings is 1. The van der Waals surface area contributed by atoms with Gasteiger partial charge in [0.2, 0.25) is 0 Å². The normalized spacial score (nSPS) is 11.2. The topological polar surface area (TPSA) is 84.6 Å². The Kier molecular flexibility index (Phi) is 10.3. The average Bonchev–Trinajstić information content (AvgIpc) is 3.42. The highest BCUT2D eigenvalue weighted by Crippen LogP contribution is 2.25. The number of benzene rings is 1. The Balaban J connectivity index is 0.00000341. The van der Waals surface area contributed by atoms with Gasteiger partial charge >= 0.3 is 0 Å². The van der Waals surface area contributed by atoms with E-state index in [-0.39, 0.29) is 24.0 Å². The number of aryl methyl sites for hydroxylation is 2. The van der Waals surface area contributed by atoms with Crippen LogP contribution in [0.4, 0.5) is 0 Å². The van der Waals surface area contributed by atoms with Gasteiger partial charge in [0.1, 0.15) is 16.5 Å². The van der Waals surface area contributed by atoms with Gasteiger partial charge in [-0.1, -0.05) is 19.0 Å². The van der Waals surface area contributed by atoms with Crippen LogP contribution in [0.1, 0.15) is 43.5 Å². The van der Waals surface area contributed by atoms with Crippen molar-refractivity contribution in [3.05, 3.63) is 52.4 Å². The molecular weight excluding hydrogens is 525 g/mol. The van der Waals surface area contributed by atoms with Gasteiger partial charge in [-0.05, 0) is 37.6 Å². The lowest BCUT2D eigenvalue weighted by molar-refractivity contribution is 0.380. The van der Waals surface area contributed by atoms with Crippen LogP contribution in [0, 0.1) is 0 Å². The van der Waals surface area contributed by atoms with E-state index >= 15 is 0 Å². The molecule has 0 amide bonds. The minimum Gasteiger partial charge on any atom is -0.497 e. The zero-order valence-electron chi connectivity index (χ0n) is 18.4. The number of rotatable bonds is 9. The molecule has 0 aliphatic carbocycles. The molecule has 0 atom stereocenters. The maximum absolute atomic E-state index is 5.44. The number of hydrogen-bond donors (Lipinski definition) is 2. The molecule has 0 unspecified atom stereocenters. The van der Waals surface area contributed by atoms with Gasteiger partial charge in [-0.15, -0.1) is 35.3 Å². The van der Waals surface area contributed by atoms with E-state index in [1.54, 1.807) is 18.4 Å². The number of aliphatic imine (C=N–C) groups is 1. The van der Waals surface area contributed by atoms with Crippen molar-refractivity contribution in [2.45, 2.75) is 46.7 Å². The molecule has 2 aromatic heterocycles. The highest BCUT2D eigenvalue weighted by molar-refractivity contribution is 14.0. The molecule has 3 rings (SSSR count). The molecule has 7 nitrogen and oxygen atoms in total. The third-order valence-corrected chi connectivity index (χ3v) is 5.61. The Morgan fingerprint density at radius 2 is 1.90 bits per heavy atom. The van der Waals surface area contributed by atoms with Crippen LogP contribution in [0.2, 0.25) is 0 Å². The fraction of sp³-hybridized carbons (Fsp3) is 0.409. The largest absolute Gasteiger partial charge is 0.497 e. The molecule has 0 radical (unpaired) electrons. The maximum atomic E-state index is 5.44. The molecule has 2 N–H and O–H groups in total. The molecule has 0 spiro atoms. The fourth-order valence-electron chi connectivity index (χ4n) is 3.05. The fourth-order valence-corrected chi connectivity index (χ4v) is 3.87. The molecule has 0 fully saturated rings. The van der Waals surface area contributed by atoms with E-state index in [0.29, 0.717) is 13.1 Å². The van der Waals surface area contributed by atoms with Crippen LogP contribution in [0.3, 0.4) is 0 Å². The summed E-state index contributed by atoms with van der Waals surface area (Å²) in [6.45, 7) is 8.12. The summed E-state index contributed by atoms with van der Waals surface area (Å²) in [7, 11) is 1.67. The van der Waals surface area contributed by atoms with E-state index in [4.69, 9.17) is 19.2 Å². The van der Waals surface area contributed by atoms with Gasteiger partial charge in [0, 0.05) is 29.5 Å². The summed E-state index contributed by atoms with van der Waals surface area (Å²) >= 11 is 1.63. The second-order valence-corrected chi connectivity index (χ2v) is 7.52. The number of hydrogen-bond acceptors (Lipinski definition) is 6. The number of methoxy groups -OCH3 is 1. The van der Waals surface area contributed by atoms with Gasteiger partial charge in [-0.25, -0.2) is 9.98 Å². The van der Waals surface area contributed by atoms with Gasteiger partial charge < -0.3 is 19.9 Å². The highest BCUT2D eigenvalue weighted by Gasteiger charge is 2.13. The molecule has 168 valence electrons. The molecule has 0 saturated carbocycles. The summed E-state index contributed by atoms with van der Waals surface area (Å²) in [5, 5.41) is 13.9. The lowest BCUT2D eigenvalue weighted by atomic mass is 10.1. The standard InChI is InChI=1S/C22H29N5O2S.HI/c1-5-19-18(20(6-2)29-27-19)13-25-22(23-7-3)24-12-16-14-30-21(26-16)15-8-10-17(28-4)11-9-15;/h8-11,14H,5-7,12-13H2,1-4H3,(H2,23,24,25);1H. The van der Waals surface area contributed by atoms with Crippen LogP contribution in [0.15, 0.2) is 39.2 Å². The predicted molar refractivity (Wildman–Crippen MR) is 136 cm³/mol. The second kappa shape index (κ2) is 12.7. The van der Waals surface area contributed by atoms with Crippen LogP contribution >= 0.6 is 35.3 Å². The van der Waals surface area contributed by atoms with Crippen LogP contribution in [0.5, 0.6) is 5.75 Å². The number of nitrogens with zero attached hydrogens (tertiary/aromatic N) is 3. The zero-order valence-corrected chi connectivity index (χ0v) is 21.5. The molecule has 0 aliphatic heterocycles. The van der Waals surface area contributed by atoms with Crippen molar-refractivity contribution in [2.75, 3.05) is 13.7 Å². The number of guanidine groups is 1. The van der Waals surface area contributed by atoms with Crippen LogP contribution < -0.4 is 15.4 Å². The van der Waals surface area contributed by atoms with Crippen molar-refractivity contribution < 1.29 is 9.26 Å². The quantitative estimate of drug-likeness (QED) is 0.224. The molecule has 3 aromatic rings. The van der Waals surface area contributed by atoms with E-state index in [9.17, 15) is 0 Å². The Morgan fingerprint density at radius 3 is 2.55 bits per heavy atom. The van der Waals surface area contributed by atoms with Crippen LogP contribution in [-0.2, 0) is 25.9 Å². The minimum absolute atomic E-state index is 0. The highest BCUT2D eigenvalue weighted by atomic mass is 127. The first-order valence-electron chi connectivity index (χ1n) is 10.3. The van der Waals surface area contributed by atoms with Gasteiger partial charge in [-0.3, -0.25) is 0 Å². The Morgan fingerprint density at radius 1 is 1.13 bits per heavy atom. The van der Waals surface area contributed by atoms with Gasteiger partial charge in [0.05, 0.1) is 31.6 Å². The molecule has 31 heavy (non-hydrogen) atoms. The number of aromatic nitrogens is 2. The molecule has 0 saturated heterocycles. The first-order valence-corrected chi connectivity index (χ1v) is 11.1. The summed E-state index contributed by atoms with van der Waals surface area (Å²) in [6.07, 6.45) is 1.65. The first-order chi connectivity index (χ1) is 14.7. The Hall–Kier alpha value is -2.14. The van der Waals surface area contributed by atoms with Crippen LogP contribution in [0.25, 0.3) is 10.6 Å². The summed E-state index contributed by atoms with van der Waals surface area (Å²) in [5.74, 6) is 2.51. The van der Waals surface area contributed by atoms with Crippen molar-refractivity contribution in [2.24, 2.45) is 4.99 Å². The van der Waals surface area contributed by atoms with Crippen molar-refractivity contribution in [3.63, 3.8) is 0 Å². The first kappa shape index (κ1) is 25.1. The molecular formula is C22H30IN5O2S. The van der Waals surface area contributed by atoms with E-state index in [1.165, 1.54) is 0 Å². The van der Waals surface area contributed by atoms with E-state index in [2.05, 4.69) is 41.9 Å². The minimum atomic E-state index is 0. The second-order valence-electron chi connectivity index (χ2n) is 6.66. The van der Waals surface area contributed by atoms with Crippen LogP contribution in [-0.4, -0.2) is 29.8 Å².